The maximum Gasteiger partial charge on any atom is 0.225 e. The summed E-state index contributed by atoms with van der Waals surface area (Å²) in [5.41, 5.74) is 2.35. The third-order valence-electron chi connectivity index (χ3n) is 4.04. The number of aromatic nitrogens is 2. The normalized spacial score (nSPS) is 17.3. The van der Waals surface area contributed by atoms with Crippen molar-refractivity contribution in [1.29, 1.82) is 0 Å². The van der Waals surface area contributed by atoms with Crippen molar-refractivity contribution < 1.29 is 0 Å². The molecule has 1 aromatic carbocycles. The van der Waals surface area contributed by atoms with Gasteiger partial charge in [0, 0.05) is 29.6 Å². The molecule has 0 atom stereocenters. The molecule has 2 aliphatic carbocycles. The summed E-state index contributed by atoms with van der Waals surface area (Å²) >= 11 is 5.92. The molecule has 0 amide bonds. The summed E-state index contributed by atoms with van der Waals surface area (Å²) in [6, 6.07) is 10.5. The molecular formula is C17H19ClN4. The molecule has 114 valence electrons. The topological polar surface area (TPSA) is 49.8 Å². The van der Waals surface area contributed by atoms with Crippen LogP contribution in [0, 0.1) is 0 Å². The van der Waals surface area contributed by atoms with E-state index < -0.39 is 0 Å². The standard InChI is InChI=1S/C17H19ClN4/c18-13-5-1-11(2-6-13)10-19-16-9-15(12-3-4-12)21-17(22-16)20-14-7-8-14/h1-2,5-6,9,12,14H,3-4,7-8,10H2,(H2,19,20,21,22). The predicted octanol–water partition coefficient (Wildman–Crippen LogP) is 4.19. The lowest BCUT2D eigenvalue weighted by molar-refractivity contribution is 0.958. The number of benzene rings is 1. The molecule has 1 heterocycles. The first-order valence-corrected chi connectivity index (χ1v) is 8.28. The zero-order valence-corrected chi connectivity index (χ0v) is 13.1. The van der Waals surface area contributed by atoms with E-state index in [-0.39, 0.29) is 0 Å². The van der Waals surface area contributed by atoms with Gasteiger partial charge < -0.3 is 10.6 Å². The average Bonchev–Trinajstić information content (AvgIpc) is 3.40. The number of nitrogens with zero attached hydrogens (tertiary/aromatic N) is 2. The molecule has 0 unspecified atom stereocenters. The molecule has 2 aromatic rings. The molecule has 0 radical (unpaired) electrons. The molecule has 2 N–H and O–H groups in total. The summed E-state index contributed by atoms with van der Waals surface area (Å²) in [5.74, 6) is 2.29. The molecule has 2 saturated carbocycles. The summed E-state index contributed by atoms with van der Waals surface area (Å²) in [5, 5.41) is 7.57. The van der Waals surface area contributed by atoms with Gasteiger partial charge in [-0.3, -0.25) is 0 Å². The Morgan fingerprint density at radius 1 is 1.05 bits per heavy atom. The highest BCUT2D eigenvalue weighted by molar-refractivity contribution is 6.30. The highest BCUT2D eigenvalue weighted by Crippen LogP contribution is 2.40. The maximum absolute atomic E-state index is 5.92. The lowest BCUT2D eigenvalue weighted by Gasteiger charge is -2.11. The van der Waals surface area contributed by atoms with Gasteiger partial charge in [0.1, 0.15) is 5.82 Å². The molecule has 0 bridgehead atoms. The second-order valence-corrected chi connectivity index (χ2v) is 6.61. The molecule has 22 heavy (non-hydrogen) atoms. The average molecular weight is 315 g/mol. The van der Waals surface area contributed by atoms with Gasteiger partial charge in [0.15, 0.2) is 0 Å². The fraction of sp³-hybridized carbons (Fsp3) is 0.412. The Balaban J connectivity index is 1.49. The van der Waals surface area contributed by atoms with Gasteiger partial charge >= 0.3 is 0 Å². The fourth-order valence-corrected chi connectivity index (χ4v) is 2.54. The summed E-state index contributed by atoms with van der Waals surface area (Å²) < 4.78 is 0. The number of hydrogen-bond donors (Lipinski definition) is 2. The van der Waals surface area contributed by atoms with E-state index in [1.807, 2.05) is 24.3 Å². The first-order chi connectivity index (χ1) is 10.8. The van der Waals surface area contributed by atoms with Crippen LogP contribution >= 0.6 is 11.6 Å². The number of hydrogen-bond acceptors (Lipinski definition) is 4. The summed E-state index contributed by atoms with van der Waals surface area (Å²) in [7, 11) is 0. The first-order valence-electron chi connectivity index (χ1n) is 7.90. The Labute approximate surface area is 135 Å². The monoisotopic (exact) mass is 314 g/mol. The van der Waals surface area contributed by atoms with Crippen LogP contribution in [0.4, 0.5) is 11.8 Å². The third kappa shape index (κ3) is 3.50. The highest BCUT2D eigenvalue weighted by atomic mass is 35.5. The minimum Gasteiger partial charge on any atom is -0.366 e. The smallest absolute Gasteiger partial charge is 0.225 e. The molecule has 4 rings (SSSR count). The van der Waals surface area contributed by atoms with E-state index in [1.165, 1.54) is 31.2 Å². The van der Waals surface area contributed by atoms with Gasteiger partial charge in [-0.15, -0.1) is 0 Å². The van der Waals surface area contributed by atoms with Gasteiger partial charge in [0.2, 0.25) is 5.95 Å². The summed E-state index contributed by atoms with van der Waals surface area (Å²) in [6.07, 6.45) is 4.95. The molecule has 0 saturated heterocycles. The van der Waals surface area contributed by atoms with Crippen molar-refractivity contribution in [2.24, 2.45) is 0 Å². The van der Waals surface area contributed by atoms with E-state index in [9.17, 15) is 0 Å². The van der Waals surface area contributed by atoms with Crippen molar-refractivity contribution in [2.75, 3.05) is 10.6 Å². The van der Waals surface area contributed by atoms with Gasteiger partial charge in [0.25, 0.3) is 0 Å². The lowest BCUT2D eigenvalue weighted by Crippen LogP contribution is -2.10. The molecular weight excluding hydrogens is 296 g/mol. The van der Waals surface area contributed by atoms with Crippen molar-refractivity contribution >= 4 is 23.4 Å². The maximum atomic E-state index is 5.92. The zero-order chi connectivity index (χ0) is 14.9. The van der Waals surface area contributed by atoms with Crippen molar-refractivity contribution in [3.63, 3.8) is 0 Å². The molecule has 0 aliphatic heterocycles. The quantitative estimate of drug-likeness (QED) is 0.839. The van der Waals surface area contributed by atoms with Crippen LogP contribution in [0.3, 0.4) is 0 Å². The molecule has 4 nitrogen and oxygen atoms in total. The molecule has 1 aromatic heterocycles. The molecule has 2 fully saturated rings. The van der Waals surface area contributed by atoms with E-state index >= 15 is 0 Å². The van der Waals surface area contributed by atoms with Gasteiger partial charge in [-0.2, -0.15) is 4.98 Å². The van der Waals surface area contributed by atoms with Crippen LogP contribution in [0.15, 0.2) is 30.3 Å². The van der Waals surface area contributed by atoms with Crippen molar-refractivity contribution in [1.82, 2.24) is 9.97 Å². The van der Waals surface area contributed by atoms with Gasteiger partial charge in [-0.05, 0) is 43.4 Å². The first kappa shape index (κ1) is 13.8. The Hall–Kier alpha value is -1.81. The van der Waals surface area contributed by atoms with Crippen LogP contribution in [0.25, 0.3) is 0 Å². The predicted molar refractivity (Wildman–Crippen MR) is 89.4 cm³/mol. The molecule has 0 spiro atoms. The van der Waals surface area contributed by atoms with Crippen molar-refractivity contribution in [2.45, 2.75) is 44.2 Å². The Morgan fingerprint density at radius 3 is 2.50 bits per heavy atom. The Kier molecular flexibility index (Phi) is 3.62. The van der Waals surface area contributed by atoms with Crippen molar-refractivity contribution in [3.8, 4) is 0 Å². The fourth-order valence-electron chi connectivity index (χ4n) is 2.41. The van der Waals surface area contributed by atoms with E-state index in [1.54, 1.807) is 0 Å². The Morgan fingerprint density at radius 2 is 1.82 bits per heavy atom. The van der Waals surface area contributed by atoms with Gasteiger partial charge in [-0.25, -0.2) is 4.98 Å². The zero-order valence-electron chi connectivity index (χ0n) is 12.3. The number of anilines is 2. The van der Waals surface area contributed by atoms with E-state index in [0.717, 1.165) is 29.0 Å². The second-order valence-electron chi connectivity index (χ2n) is 6.17. The third-order valence-corrected chi connectivity index (χ3v) is 4.29. The van der Waals surface area contributed by atoms with Crippen molar-refractivity contribution in [3.05, 3.63) is 46.6 Å². The minimum absolute atomic E-state index is 0.568. The summed E-state index contributed by atoms with van der Waals surface area (Å²) in [4.78, 5) is 9.26. The van der Waals surface area contributed by atoms with E-state index in [4.69, 9.17) is 11.6 Å². The number of halogens is 1. The largest absolute Gasteiger partial charge is 0.366 e. The van der Waals surface area contributed by atoms with Gasteiger partial charge in [-0.1, -0.05) is 23.7 Å². The molecule has 5 heteroatoms. The van der Waals surface area contributed by atoms with Crippen LogP contribution in [-0.2, 0) is 6.54 Å². The Bertz CT molecular complexity index is 663. The second kappa shape index (κ2) is 5.76. The van der Waals surface area contributed by atoms with Crippen LogP contribution in [-0.4, -0.2) is 16.0 Å². The van der Waals surface area contributed by atoms with E-state index in [2.05, 4.69) is 26.7 Å². The lowest BCUT2D eigenvalue weighted by atomic mass is 10.2. The van der Waals surface area contributed by atoms with Crippen LogP contribution < -0.4 is 10.6 Å². The van der Waals surface area contributed by atoms with Crippen LogP contribution in [0.2, 0.25) is 5.02 Å². The molecule has 2 aliphatic rings. The SMILES string of the molecule is Clc1ccc(CNc2cc(C3CC3)nc(NC3CC3)n2)cc1. The van der Waals surface area contributed by atoms with Crippen LogP contribution in [0.1, 0.15) is 42.9 Å². The number of rotatable bonds is 6. The number of nitrogens with one attached hydrogen (secondary N) is 2. The summed E-state index contributed by atoms with van der Waals surface area (Å²) in [6.45, 7) is 0.737. The van der Waals surface area contributed by atoms with E-state index in [0.29, 0.717) is 12.0 Å². The van der Waals surface area contributed by atoms with Crippen LogP contribution in [0.5, 0.6) is 0 Å². The van der Waals surface area contributed by atoms with Gasteiger partial charge in [0.05, 0.1) is 5.69 Å². The minimum atomic E-state index is 0.568. The highest BCUT2D eigenvalue weighted by Gasteiger charge is 2.27.